The average molecular weight is 272 g/mol. The Morgan fingerprint density at radius 2 is 2.00 bits per heavy atom. The van der Waals surface area contributed by atoms with Crippen molar-refractivity contribution in [1.29, 1.82) is 0 Å². The third-order valence-corrected chi connectivity index (χ3v) is 2.99. The Morgan fingerprint density at radius 1 is 1.25 bits per heavy atom. The van der Waals surface area contributed by atoms with E-state index in [0.29, 0.717) is 11.6 Å². The van der Waals surface area contributed by atoms with E-state index in [1.807, 2.05) is 25.1 Å². The second kappa shape index (κ2) is 5.59. The van der Waals surface area contributed by atoms with Gasteiger partial charge in [0.1, 0.15) is 0 Å². The van der Waals surface area contributed by atoms with Crippen molar-refractivity contribution in [2.24, 2.45) is 0 Å². The van der Waals surface area contributed by atoms with E-state index in [4.69, 9.17) is 4.74 Å². The number of aliphatic hydroxyl groups excluding tert-OH is 1. The number of hydrogen-bond donors (Lipinski definition) is 1. The van der Waals surface area contributed by atoms with Crippen LogP contribution in [0.4, 0.5) is 0 Å². The SMILES string of the molecule is Cc1ncccc1Oc1cc(CO)cc(C(C)(C)C)n1. The lowest BCUT2D eigenvalue weighted by molar-refractivity contribution is 0.280. The van der Waals surface area contributed by atoms with E-state index in [2.05, 4.69) is 30.7 Å². The molecule has 0 amide bonds. The highest BCUT2D eigenvalue weighted by atomic mass is 16.5. The molecule has 0 aliphatic heterocycles. The Kier molecular flexibility index (Phi) is 4.04. The van der Waals surface area contributed by atoms with Gasteiger partial charge < -0.3 is 9.84 Å². The molecule has 2 heterocycles. The predicted molar refractivity (Wildman–Crippen MR) is 77.9 cm³/mol. The van der Waals surface area contributed by atoms with E-state index in [1.54, 1.807) is 12.3 Å². The van der Waals surface area contributed by atoms with Crippen molar-refractivity contribution >= 4 is 0 Å². The molecule has 0 atom stereocenters. The molecule has 0 radical (unpaired) electrons. The number of rotatable bonds is 3. The fraction of sp³-hybridized carbons (Fsp3) is 0.375. The largest absolute Gasteiger partial charge is 0.437 e. The number of hydrogen-bond acceptors (Lipinski definition) is 4. The summed E-state index contributed by atoms with van der Waals surface area (Å²) in [5.41, 5.74) is 2.39. The Bertz CT molecular complexity index is 604. The van der Waals surface area contributed by atoms with Gasteiger partial charge in [-0.3, -0.25) is 4.98 Å². The third kappa shape index (κ3) is 3.33. The van der Waals surface area contributed by atoms with Crippen LogP contribution < -0.4 is 4.74 Å². The quantitative estimate of drug-likeness (QED) is 0.930. The molecule has 2 rings (SSSR count). The van der Waals surface area contributed by atoms with Crippen LogP contribution in [-0.2, 0) is 12.0 Å². The first-order valence-electron chi connectivity index (χ1n) is 6.62. The van der Waals surface area contributed by atoms with Crippen LogP contribution in [0.3, 0.4) is 0 Å². The zero-order valence-corrected chi connectivity index (χ0v) is 12.3. The lowest BCUT2D eigenvalue weighted by atomic mass is 9.91. The van der Waals surface area contributed by atoms with Gasteiger partial charge >= 0.3 is 0 Å². The molecular formula is C16H20N2O2. The molecule has 2 aromatic rings. The van der Waals surface area contributed by atoms with Crippen molar-refractivity contribution in [3.63, 3.8) is 0 Å². The molecule has 1 N–H and O–H groups in total. The zero-order chi connectivity index (χ0) is 14.8. The van der Waals surface area contributed by atoms with Gasteiger partial charge in [-0.25, -0.2) is 4.98 Å². The van der Waals surface area contributed by atoms with E-state index in [1.165, 1.54) is 0 Å². The van der Waals surface area contributed by atoms with Gasteiger partial charge in [-0.1, -0.05) is 20.8 Å². The van der Waals surface area contributed by atoms with Crippen LogP contribution in [0.15, 0.2) is 30.5 Å². The minimum Gasteiger partial charge on any atom is -0.437 e. The Morgan fingerprint density at radius 3 is 2.60 bits per heavy atom. The van der Waals surface area contributed by atoms with E-state index in [9.17, 15) is 5.11 Å². The standard InChI is InChI=1S/C16H20N2O2/c1-11-13(6-5-7-17-11)20-15-9-12(10-19)8-14(18-15)16(2,3)4/h5-9,19H,10H2,1-4H3. The molecule has 0 saturated heterocycles. The third-order valence-electron chi connectivity index (χ3n) is 2.99. The number of ether oxygens (including phenoxy) is 1. The summed E-state index contributed by atoms with van der Waals surface area (Å²) in [6.07, 6.45) is 1.72. The molecule has 0 aliphatic rings. The summed E-state index contributed by atoms with van der Waals surface area (Å²) < 4.78 is 5.80. The van der Waals surface area contributed by atoms with Crippen molar-refractivity contribution in [3.05, 3.63) is 47.4 Å². The van der Waals surface area contributed by atoms with Crippen LogP contribution in [0.1, 0.15) is 37.7 Å². The second-order valence-electron chi connectivity index (χ2n) is 5.80. The van der Waals surface area contributed by atoms with Gasteiger partial charge in [-0.05, 0) is 30.7 Å². The first-order chi connectivity index (χ1) is 9.40. The molecule has 106 valence electrons. The van der Waals surface area contributed by atoms with Crippen LogP contribution in [-0.4, -0.2) is 15.1 Å². The summed E-state index contributed by atoms with van der Waals surface area (Å²) in [6.45, 7) is 8.09. The molecular weight excluding hydrogens is 252 g/mol. The van der Waals surface area contributed by atoms with Crippen molar-refractivity contribution in [2.75, 3.05) is 0 Å². The summed E-state index contributed by atoms with van der Waals surface area (Å²) in [7, 11) is 0. The van der Waals surface area contributed by atoms with Crippen LogP contribution >= 0.6 is 0 Å². The highest BCUT2D eigenvalue weighted by Gasteiger charge is 2.18. The van der Waals surface area contributed by atoms with Crippen molar-refractivity contribution in [1.82, 2.24) is 9.97 Å². The predicted octanol–water partition coefficient (Wildman–Crippen LogP) is 3.37. The van der Waals surface area contributed by atoms with Gasteiger partial charge in [0.25, 0.3) is 0 Å². The lowest BCUT2D eigenvalue weighted by Gasteiger charge is -2.19. The molecule has 2 aromatic heterocycles. The molecule has 0 bridgehead atoms. The lowest BCUT2D eigenvalue weighted by Crippen LogP contribution is -2.14. The van der Waals surface area contributed by atoms with Crippen molar-refractivity contribution < 1.29 is 9.84 Å². The number of aromatic nitrogens is 2. The summed E-state index contributed by atoms with van der Waals surface area (Å²) in [5.74, 6) is 1.16. The highest BCUT2D eigenvalue weighted by molar-refractivity contribution is 5.33. The Labute approximate surface area is 119 Å². The van der Waals surface area contributed by atoms with E-state index >= 15 is 0 Å². The summed E-state index contributed by atoms with van der Waals surface area (Å²) in [6, 6.07) is 7.33. The number of pyridine rings is 2. The normalized spacial score (nSPS) is 11.4. The molecule has 0 fully saturated rings. The van der Waals surface area contributed by atoms with Crippen LogP contribution in [0.5, 0.6) is 11.6 Å². The Hall–Kier alpha value is -1.94. The molecule has 0 aliphatic carbocycles. The minimum atomic E-state index is -0.104. The highest BCUT2D eigenvalue weighted by Crippen LogP contribution is 2.27. The molecule has 4 nitrogen and oxygen atoms in total. The van der Waals surface area contributed by atoms with Crippen molar-refractivity contribution in [3.8, 4) is 11.6 Å². The first kappa shape index (κ1) is 14.5. The summed E-state index contributed by atoms with van der Waals surface area (Å²) in [4.78, 5) is 8.71. The van der Waals surface area contributed by atoms with Crippen LogP contribution in [0.2, 0.25) is 0 Å². The average Bonchev–Trinajstić information content (AvgIpc) is 2.40. The fourth-order valence-electron chi connectivity index (χ4n) is 1.78. The fourth-order valence-corrected chi connectivity index (χ4v) is 1.78. The smallest absolute Gasteiger partial charge is 0.219 e. The maximum absolute atomic E-state index is 9.38. The van der Waals surface area contributed by atoms with Gasteiger partial charge in [-0.2, -0.15) is 0 Å². The van der Waals surface area contributed by atoms with Gasteiger partial charge in [0.15, 0.2) is 5.75 Å². The molecule has 0 saturated carbocycles. The first-order valence-corrected chi connectivity index (χ1v) is 6.62. The molecule has 0 spiro atoms. The molecule has 4 heteroatoms. The number of nitrogens with zero attached hydrogens (tertiary/aromatic N) is 2. The van der Waals surface area contributed by atoms with Gasteiger partial charge in [0.05, 0.1) is 18.0 Å². The van der Waals surface area contributed by atoms with Gasteiger partial charge in [0.2, 0.25) is 5.88 Å². The monoisotopic (exact) mass is 272 g/mol. The number of aryl methyl sites for hydroxylation is 1. The maximum atomic E-state index is 9.38. The van der Waals surface area contributed by atoms with E-state index < -0.39 is 0 Å². The molecule has 20 heavy (non-hydrogen) atoms. The van der Waals surface area contributed by atoms with E-state index in [-0.39, 0.29) is 12.0 Å². The van der Waals surface area contributed by atoms with E-state index in [0.717, 1.165) is 17.0 Å². The zero-order valence-electron chi connectivity index (χ0n) is 12.3. The second-order valence-corrected chi connectivity index (χ2v) is 5.80. The summed E-state index contributed by atoms with van der Waals surface area (Å²) >= 11 is 0. The summed E-state index contributed by atoms with van der Waals surface area (Å²) in [5, 5.41) is 9.38. The van der Waals surface area contributed by atoms with Crippen LogP contribution in [0, 0.1) is 6.92 Å². The molecule has 0 aromatic carbocycles. The maximum Gasteiger partial charge on any atom is 0.219 e. The molecule has 0 unspecified atom stereocenters. The van der Waals surface area contributed by atoms with Crippen LogP contribution in [0.25, 0.3) is 0 Å². The van der Waals surface area contributed by atoms with Gasteiger partial charge in [-0.15, -0.1) is 0 Å². The minimum absolute atomic E-state index is 0.0337. The Balaban J connectivity index is 2.39. The number of aliphatic hydroxyl groups is 1. The van der Waals surface area contributed by atoms with Crippen molar-refractivity contribution in [2.45, 2.75) is 39.7 Å². The van der Waals surface area contributed by atoms with Gasteiger partial charge in [0, 0.05) is 17.7 Å². The topological polar surface area (TPSA) is 55.2 Å².